The van der Waals surface area contributed by atoms with Gasteiger partial charge in [0.2, 0.25) is 0 Å². The Kier molecular flexibility index (Phi) is 4.92. The predicted molar refractivity (Wildman–Crippen MR) is 96.5 cm³/mol. The number of nitrogens with zero attached hydrogens (tertiary/aromatic N) is 3. The van der Waals surface area contributed by atoms with E-state index < -0.39 is 4.92 Å². The topological polar surface area (TPSA) is 102 Å². The highest BCUT2D eigenvalue weighted by Crippen LogP contribution is 2.24. The van der Waals surface area contributed by atoms with E-state index in [4.69, 9.17) is 4.42 Å². The lowest BCUT2D eigenvalue weighted by Gasteiger charge is -2.33. The number of aryl methyl sites for hydroxylation is 3. The first-order chi connectivity index (χ1) is 12.3. The fourth-order valence-electron chi connectivity index (χ4n) is 3.27. The van der Waals surface area contributed by atoms with Gasteiger partial charge >= 0.3 is 0 Å². The molecule has 0 spiro atoms. The van der Waals surface area contributed by atoms with E-state index in [-0.39, 0.29) is 17.6 Å². The van der Waals surface area contributed by atoms with Gasteiger partial charge in [-0.15, -0.1) is 0 Å². The Balaban J connectivity index is 1.59. The minimum Gasteiger partial charge on any atom is -0.466 e. The number of pyridine rings is 1. The number of furan rings is 1. The maximum absolute atomic E-state index is 12.4. The Morgan fingerprint density at radius 2 is 2.00 bits per heavy atom. The van der Waals surface area contributed by atoms with E-state index in [0.29, 0.717) is 16.9 Å². The van der Waals surface area contributed by atoms with Gasteiger partial charge in [0.1, 0.15) is 23.5 Å². The standard InChI is InChI=1S/C18H22N4O4/c1-11-8-17(19-10-16(11)22(24)25)21-6-4-14(5-7-21)20-18(23)15-9-12(2)26-13(15)3/h8-10,14H,4-7H2,1-3H3,(H,20,23). The summed E-state index contributed by atoms with van der Waals surface area (Å²) in [5.74, 6) is 1.98. The van der Waals surface area contributed by atoms with Crippen molar-refractivity contribution < 1.29 is 14.1 Å². The van der Waals surface area contributed by atoms with Crippen molar-refractivity contribution in [1.82, 2.24) is 10.3 Å². The number of aromatic nitrogens is 1. The zero-order valence-corrected chi connectivity index (χ0v) is 15.1. The molecule has 138 valence electrons. The van der Waals surface area contributed by atoms with Crippen LogP contribution in [-0.2, 0) is 0 Å². The first-order valence-electron chi connectivity index (χ1n) is 8.59. The van der Waals surface area contributed by atoms with Crippen LogP contribution in [0.15, 0.2) is 22.7 Å². The Hall–Kier alpha value is -2.90. The summed E-state index contributed by atoms with van der Waals surface area (Å²) in [6.07, 6.45) is 2.89. The Bertz CT molecular complexity index is 838. The van der Waals surface area contributed by atoms with Crippen molar-refractivity contribution in [2.45, 2.75) is 39.7 Å². The van der Waals surface area contributed by atoms with Gasteiger partial charge in [0.25, 0.3) is 11.6 Å². The number of hydrogen-bond donors (Lipinski definition) is 1. The molecule has 1 saturated heterocycles. The molecule has 26 heavy (non-hydrogen) atoms. The van der Waals surface area contributed by atoms with Crippen LogP contribution in [0, 0.1) is 30.9 Å². The number of piperidine rings is 1. The average molecular weight is 358 g/mol. The number of amides is 1. The number of nitro groups is 1. The molecule has 0 bridgehead atoms. The molecule has 2 aromatic heterocycles. The molecule has 8 heteroatoms. The van der Waals surface area contributed by atoms with Crippen LogP contribution in [0.4, 0.5) is 11.5 Å². The number of hydrogen-bond acceptors (Lipinski definition) is 6. The minimum atomic E-state index is -0.423. The molecule has 0 saturated carbocycles. The molecule has 2 aromatic rings. The fourth-order valence-corrected chi connectivity index (χ4v) is 3.27. The molecule has 1 fully saturated rings. The summed E-state index contributed by atoms with van der Waals surface area (Å²) in [4.78, 5) is 29.2. The number of anilines is 1. The SMILES string of the molecule is Cc1cc(C(=O)NC2CCN(c3cc(C)c([N+](=O)[O-])cn3)CC2)c(C)o1. The molecule has 3 rings (SSSR count). The second-order valence-corrected chi connectivity index (χ2v) is 6.65. The van der Waals surface area contributed by atoms with Crippen molar-refractivity contribution in [3.8, 4) is 0 Å². The largest absolute Gasteiger partial charge is 0.466 e. The zero-order chi connectivity index (χ0) is 18.8. The van der Waals surface area contributed by atoms with E-state index in [1.807, 2.05) is 6.92 Å². The van der Waals surface area contributed by atoms with Crippen molar-refractivity contribution in [2.75, 3.05) is 18.0 Å². The van der Waals surface area contributed by atoms with Crippen LogP contribution in [0.25, 0.3) is 0 Å². The number of carbonyl (C=O) groups is 1. The van der Waals surface area contributed by atoms with Gasteiger partial charge in [0, 0.05) is 24.7 Å². The van der Waals surface area contributed by atoms with E-state index in [9.17, 15) is 14.9 Å². The summed E-state index contributed by atoms with van der Waals surface area (Å²) < 4.78 is 5.41. The van der Waals surface area contributed by atoms with Gasteiger partial charge < -0.3 is 14.6 Å². The monoisotopic (exact) mass is 358 g/mol. The highest BCUT2D eigenvalue weighted by atomic mass is 16.6. The average Bonchev–Trinajstić information content (AvgIpc) is 2.93. The summed E-state index contributed by atoms with van der Waals surface area (Å²) in [6, 6.07) is 3.59. The van der Waals surface area contributed by atoms with Crippen molar-refractivity contribution in [3.05, 3.63) is 51.1 Å². The fraction of sp³-hybridized carbons (Fsp3) is 0.444. The Labute approximate surface area is 151 Å². The molecule has 0 unspecified atom stereocenters. The van der Waals surface area contributed by atoms with E-state index in [1.165, 1.54) is 6.20 Å². The molecular weight excluding hydrogens is 336 g/mol. The summed E-state index contributed by atoms with van der Waals surface area (Å²) in [5.41, 5.74) is 1.21. The molecular formula is C18H22N4O4. The Morgan fingerprint density at radius 1 is 1.31 bits per heavy atom. The quantitative estimate of drug-likeness (QED) is 0.666. The highest BCUT2D eigenvalue weighted by molar-refractivity contribution is 5.95. The molecule has 3 heterocycles. The first kappa shape index (κ1) is 17.9. The van der Waals surface area contributed by atoms with E-state index >= 15 is 0 Å². The van der Waals surface area contributed by atoms with E-state index in [2.05, 4.69) is 15.2 Å². The van der Waals surface area contributed by atoms with Crippen molar-refractivity contribution in [1.29, 1.82) is 0 Å². The summed E-state index contributed by atoms with van der Waals surface area (Å²) >= 11 is 0. The molecule has 1 N–H and O–H groups in total. The van der Waals surface area contributed by atoms with Crippen molar-refractivity contribution in [2.24, 2.45) is 0 Å². The van der Waals surface area contributed by atoms with Crippen LogP contribution in [0.5, 0.6) is 0 Å². The molecule has 1 aliphatic heterocycles. The predicted octanol–water partition coefficient (Wildman–Crippen LogP) is 2.91. The lowest BCUT2D eigenvalue weighted by atomic mass is 10.0. The second-order valence-electron chi connectivity index (χ2n) is 6.65. The lowest BCUT2D eigenvalue weighted by molar-refractivity contribution is -0.385. The maximum atomic E-state index is 12.4. The van der Waals surface area contributed by atoms with Crippen molar-refractivity contribution in [3.63, 3.8) is 0 Å². The molecule has 0 radical (unpaired) electrons. The molecule has 1 aliphatic rings. The van der Waals surface area contributed by atoms with Crippen molar-refractivity contribution >= 4 is 17.4 Å². The zero-order valence-electron chi connectivity index (χ0n) is 15.1. The summed E-state index contributed by atoms with van der Waals surface area (Å²) in [6.45, 7) is 6.79. The molecule has 0 aromatic carbocycles. The van der Waals surface area contributed by atoms with Crippen LogP contribution in [0.2, 0.25) is 0 Å². The van der Waals surface area contributed by atoms with E-state index in [1.54, 1.807) is 26.0 Å². The van der Waals surface area contributed by atoms with Gasteiger partial charge in [-0.25, -0.2) is 4.98 Å². The number of rotatable bonds is 4. The first-order valence-corrected chi connectivity index (χ1v) is 8.59. The Morgan fingerprint density at radius 3 is 2.54 bits per heavy atom. The van der Waals surface area contributed by atoms with Gasteiger partial charge in [-0.3, -0.25) is 14.9 Å². The summed E-state index contributed by atoms with van der Waals surface area (Å²) in [7, 11) is 0. The van der Waals surface area contributed by atoms with Gasteiger partial charge in [-0.1, -0.05) is 0 Å². The molecule has 0 atom stereocenters. The normalized spacial score (nSPS) is 15.1. The lowest BCUT2D eigenvalue weighted by Crippen LogP contribution is -2.45. The third-order valence-electron chi connectivity index (χ3n) is 4.71. The van der Waals surface area contributed by atoms with Gasteiger partial charge in [0.15, 0.2) is 0 Å². The van der Waals surface area contributed by atoms with Crippen LogP contribution in [0.3, 0.4) is 0 Å². The highest BCUT2D eigenvalue weighted by Gasteiger charge is 2.24. The summed E-state index contributed by atoms with van der Waals surface area (Å²) in [5, 5.41) is 14.0. The molecule has 1 amide bonds. The molecule has 0 aliphatic carbocycles. The van der Waals surface area contributed by atoms with Gasteiger partial charge in [0.05, 0.1) is 10.5 Å². The van der Waals surface area contributed by atoms with E-state index in [0.717, 1.165) is 37.5 Å². The second kappa shape index (κ2) is 7.15. The van der Waals surface area contributed by atoms with Gasteiger partial charge in [-0.2, -0.15) is 0 Å². The van der Waals surface area contributed by atoms with Crippen LogP contribution >= 0.6 is 0 Å². The van der Waals surface area contributed by atoms with Gasteiger partial charge in [-0.05, 0) is 45.7 Å². The third-order valence-corrected chi connectivity index (χ3v) is 4.71. The van der Waals surface area contributed by atoms with Crippen LogP contribution in [-0.4, -0.2) is 34.9 Å². The number of carbonyl (C=O) groups excluding carboxylic acids is 1. The van der Waals surface area contributed by atoms with Crippen LogP contribution in [0.1, 0.15) is 40.3 Å². The third kappa shape index (κ3) is 3.68. The number of nitrogens with one attached hydrogen (secondary N) is 1. The maximum Gasteiger partial charge on any atom is 0.290 e. The molecule has 8 nitrogen and oxygen atoms in total. The smallest absolute Gasteiger partial charge is 0.290 e. The van der Waals surface area contributed by atoms with Crippen LogP contribution < -0.4 is 10.2 Å². The minimum absolute atomic E-state index is 0.0293.